The summed E-state index contributed by atoms with van der Waals surface area (Å²) in [6, 6.07) is 7.55. The molecule has 0 bridgehead atoms. The molecule has 0 saturated carbocycles. The molecule has 2 rings (SSSR count). The van der Waals surface area contributed by atoms with Gasteiger partial charge in [-0.05, 0) is 26.6 Å². The van der Waals surface area contributed by atoms with Gasteiger partial charge in [0.25, 0.3) is 0 Å². The summed E-state index contributed by atoms with van der Waals surface area (Å²) >= 11 is 0. The molecule has 1 aliphatic heterocycles. The van der Waals surface area contributed by atoms with Crippen molar-refractivity contribution in [3.63, 3.8) is 0 Å². The molecular formula is C14H22FN3. The standard InChI is InChI=1S/C14H22FN3/c1-16-14(12-5-3-4-6-13(12)15)9-11-10-17-7-8-18(11)2/h3-6,11,14,16-17H,7-10H2,1-2H3. The zero-order valence-corrected chi connectivity index (χ0v) is 11.1. The topological polar surface area (TPSA) is 27.3 Å². The predicted molar refractivity (Wildman–Crippen MR) is 72.1 cm³/mol. The lowest BCUT2D eigenvalue weighted by Gasteiger charge is -2.35. The van der Waals surface area contributed by atoms with Crippen LogP contribution in [0.15, 0.2) is 24.3 Å². The van der Waals surface area contributed by atoms with E-state index in [0.717, 1.165) is 31.6 Å². The molecule has 100 valence electrons. The number of rotatable bonds is 4. The van der Waals surface area contributed by atoms with Crippen LogP contribution in [0.5, 0.6) is 0 Å². The van der Waals surface area contributed by atoms with Crippen molar-refractivity contribution in [1.29, 1.82) is 0 Å². The molecule has 1 saturated heterocycles. The van der Waals surface area contributed by atoms with E-state index in [1.54, 1.807) is 6.07 Å². The fourth-order valence-electron chi connectivity index (χ4n) is 2.56. The van der Waals surface area contributed by atoms with Gasteiger partial charge in [0.2, 0.25) is 0 Å². The number of nitrogens with one attached hydrogen (secondary N) is 2. The van der Waals surface area contributed by atoms with E-state index in [2.05, 4.69) is 22.6 Å². The summed E-state index contributed by atoms with van der Waals surface area (Å²) in [4.78, 5) is 2.35. The first kappa shape index (κ1) is 13.5. The number of likely N-dealkylation sites (N-methyl/N-ethyl adjacent to an activating group) is 1. The summed E-state index contributed by atoms with van der Waals surface area (Å²) < 4.78 is 13.8. The average molecular weight is 251 g/mol. The first-order valence-corrected chi connectivity index (χ1v) is 6.55. The lowest BCUT2D eigenvalue weighted by molar-refractivity contribution is 0.177. The van der Waals surface area contributed by atoms with Crippen molar-refractivity contribution in [2.75, 3.05) is 33.7 Å². The second-order valence-electron chi connectivity index (χ2n) is 4.94. The van der Waals surface area contributed by atoms with E-state index in [1.165, 1.54) is 6.07 Å². The highest BCUT2D eigenvalue weighted by molar-refractivity contribution is 5.21. The summed E-state index contributed by atoms with van der Waals surface area (Å²) in [5.41, 5.74) is 0.763. The van der Waals surface area contributed by atoms with E-state index in [4.69, 9.17) is 0 Å². The summed E-state index contributed by atoms with van der Waals surface area (Å²) in [7, 11) is 4.03. The fourth-order valence-corrected chi connectivity index (χ4v) is 2.56. The fraction of sp³-hybridized carbons (Fsp3) is 0.571. The van der Waals surface area contributed by atoms with Crippen molar-refractivity contribution in [1.82, 2.24) is 15.5 Å². The Morgan fingerprint density at radius 2 is 2.28 bits per heavy atom. The van der Waals surface area contributed by atoms with Gasteiger partial charge < -0.3 is 15.5 Å². The molecule has 2 unspecified atom stereocenters. The Bertz CT molecular complexity index is 383. The molecule has 2 atom stereocenters. The van der Waals surface area contributed by atoms with Crippen molar-refractivity contribution in [3.8, 4) is 0 Å². The zero-order valence-electron chi connectivity index (χ0n) is 11.1. The third-order valence-electron chi connectivity index (χ3n) is 3.78. The third kappa shape index (κ3) is 3.07. The van der Waals surface area contributed by atoms with Crippen molar-refractivity contribution in [2.45, 2.75) is 18.5 Å². The Labute approximate surface area is 108 Å². The molecule has 0 amide bonds. The monoisotopic (exact) mass is 251 g/mol. The number of benzene rings is 1. The SMILES string of the molecule is CNC(CC1CNCCN1C)c1ccccc1F. The van der Waals surface area contributed by atoms with Crippen molar-refractivity contribution in [3.05, 3.63) is 35.6 Å². The molecule has 0 spiro atoms. The van der Waals surface area contributed by atoms with Crippen LogP contribution in [0, 0.1) is 5.82 Å². The minimum absolute atomic E-state index is 0.0681. The van der Waals surface area contributed by atoms with E-state index in [9.17, 15) is 4.39 Å². The van der Waals surface area contributed by atoms with Crippen molar-refractivity contribution < 1.29 is 4.39 Å². The van der Waals surface area contributed by atoms with Crippen LogP contribution in [-0.4, -0.2) is 44.7 Å². The Hall–Kier alpha value is -0.970. The van der Waals surface area contributed by atoms with Gasteiger partial charge in [0.1, 0.15) is 5.82 Å². The quantitative estimate of drug-likeness (QED) is 0.846. The first-order chi connectivity index (χ1) is 8.72. The molecule has 1 fully saturated rings. The maximum Gasteiger partial charge on any atom is 0.127 e. The summed E-state index contributed by atoms with van der Waals surface area (Å²) in [5.74, 6) is -0.122. The number of hydrogen-bond acceptors (Lipinski definition) is 3. The van der Waals surface area contributed by atoms with Gasteiger partial charge in [0.15, 0.2) is 0 Å². The molecule has 1 aromatic carbocycles. The van der Waals surface area contributed by atoms with Gasteiger partial charge >= 0.3 is 0 Å². The Morgan fingerprint density at radius 3 is 2.94 bits per heavy atom. The van der Waals surface area contributed by atoms with Crippen LogP contribution in [0.1, 0.15) is 18.0 Å². The molecular weight excluding hydrogens is 229 g/mol. The van der Waals surface area contributed by atoms with Crippen LogP contribution in [0.25, 0.3) is 0 Å². The third-order valence-corrected chi connectivity index (χ3v) is 3.78. The van der Waals surface area contributed by atoms with Gasteiger partial charge in [0.05, 0.1) is 0 Å². The van der Waals surface area contributed by atoms with Crippen LogP contribution in [0.4, 0.5) is 4.39 Å². The molecule has 3 nitrogen and oxygen atoms in total. The van der Waals surface area contributed by atoms with Gasteiger partial charge in [-0.2, -0.15) is 0 Å². The molecule has 0 aromatic heterocycles. The van der Waals surface area contributed by atoms with E-state index >= 15 is 0 Å². The Morgan fingerprint density at radius 1 is 1.50 bits per heavy atom. The molecule has 0 radical (unpaired) electrons. The van der Waals surface area contributed by atoms with E-state index in [1.807, 2.05) is 19.2 Å². The minimum atomic E-state index is -0.122. The lowest BCUT2D eigenvalue weighted by atomic mass is 9.97. The summed E-state index contributed by atoms with van der Waals surface area (Å²) in [6.45, 7) is 3.07. The molecule has 1 heterocycles. The molecule has 4 heteroatoms. The minimum Gasteiger partial charge on any atom is -0.314 e. The van der Waals surface area contributed by atoms with Gasteiger partial charge in [-0.1, -0.05) is 18.2 Å². The van der Waals surface area contributed by atoms with E-state index < -0.39 is 0 Å². The molecule has 1 aliphatic rings. The van der Waals surface area contributed by atoms with Crippen molar-refractivity contribution in [2.24, 2.45) is 0 Å². The smallest absolute Gasteiger partial charge is 0.127 e. The van der Waals surface area contributed by atoms with Gasteiger partial charge in [-0.3, -0.25) is 0 Å². The molecule has 0 aliphatic carbocycles. The van der Waals surface area contributed by atoms with Gasteiger partial charge in [-0.25, -0.2) is 4.39 Å². The van der Waals surface area contributed by atoms with Crippen LogP contribution < -0.4 is 10.6 Å². The maximum atomic E-state index is 13.8. The second-order valence-corrected chi connectivity index (χ2v) is 4.94. The van der Waals surface area contributed by atoms with Crippen LogP contribution in [0.2, 0.25) is 0 Å². The molecule has 2 N–H and O–H groups in total. The van der Waals surface area contributed by atoms with Gasteiger partial charge in [-0.15, -0.1) is 0 Å². The second kappa shape index (κ2) is 6.27. The lowest BCUT2D eigenvalue weighted by Crippen LogP contribution is -2.50. The highest BCUT2D eigenvalue weighted by Crippen LogP contribution is 2.23. The zero-order chi connectivity index (χ0) is 13.0. The van der Waals surface area contributed by atoms with Crippen LogP contribution in [-0.2, 0) is 0 Å². The Kier molecular flexibility index (Phi) is 4.69. The molecule has 18 heavy (non-hydrogen) atoms. The van der Waals surface area contributed by atoms with Crippen molar-refractivity contribution >= 4 is 0 Å². The number of nitrogens with zero attached hydrogens (tertiary/aromatic N) is 1. The highest BCUT2D eigenvalue weighted by atomic mass is 19.1. The number of hydrogen-bond donors (Lipinski definition) is 2. The largest absolute Gasteiger partial charge is 0.314 e. The van der Waals surface area contributed by atoms with Gasteiger partial charge in [0, 0.05) is 37.3 Å². The van der Waals surface area contributed by atoms with Crippen LogP contribution in [0.3, 0.4) is 0 Å². The van der Waals surface area contributed by atoms with Crippen LogP contribution >= 0.6 is 0 Å². The normalized spacial score (nSPS) is 22.9. The van der Waals surface area contributed by atoms with E-state index in [-0.39, 0.29) is 11.9 Å². The summed E-state index contributed by atoms with van der Waals surface area (Å²) in [6.07, 6.45) is 0.918. The van der Waals surface area contributed by atoms with E-state index in [0.29, 0.717) is 6.04 Å². The first-order valence-electron chi connectivity index (χ1n) is 6.55. The number of halogens is 1. The average Bonchev–Trinajstić information content (AvgIpc) is 2.39. The Balaban J connectivity index is 2.07. The number of piperazine rings is 1. The summed E-state index contributed by atoms with van der Waals surface area (Å²) in [5, 5.41) is 6.63. The molecule has 1 aromatic rings. The predicted octanol–water partition coefficient (Wildman–Crippen LogP) is 1.38. The highest BCUT2D eigenvalue weighted by Gasteiger charge is 2.23. The maximum absolute atomic E-state index is 13.8.